The molecule has 0 unspecified atom stereocenters. The first-order valence-electron chi connectivity index (χ1n) is 5.05. The third-order valence-corrected chi connectivity index (χ3v) is 3.04. The molecule has 1 heterocycles. The SMILES string of the molecule is NNc1cc([N+](=O)[O-])cc(Sc2ccccc2)n1. The van der Waals surface area contributed by atoms with Gasteiger partial charge in [0.2, 0.25) is 0 Å². The van der Waals surface area contributed by atoms with Crippen LogP contribution in [0.25, 0.3) is 0 Å². The van der Waals surface area contributed by atoms with Crippen molar-refractivity contribution >= 4 is 23.3 Å². The lowest BCUT2D eigenvalue weighted by molar-refractivity contribution is -0.385. The number of hydrogen-bond donors (Lipinski definition) is 2. The van der Waals surface area contributed by atoms with Crippen LogP contribution in [0.2, 0.25) is 0 Å². The minimum atomic E-state index is -0.475. The second kappa shape index (κ2) is 5.48. The number of rotatable bonds is 4. The predicted octanol–water partition coefficient (Wildman–Crippen LogP) is 2.43. The molecule has 0 saturated carbocycles. The molecule has 18 heavy (non-hydrogen) atoms. The van der Waals surface area contributed by atoms with Crippen LogP contribution >= 0.6 is 11.8 Å². The maximum atomic E-state index is 10.8. The van der Waals surface area contributed by atoms with E-state index in [1.165, 1.54) is 23.9 Å². The van der Waals surface area contributed by atoms with Crippen LogP contribution in [0.5, 0.6) is 0 Å². The van der Waals surface area contributed by atoms with Crippen LogP contribution in [-0.2, 0) is 0 Å². The van der Waals surface area contributed by atoms with Crippen molar-refractivity contribution in [2.24, 2.45) is 5.84 Å². The molecule has 6 nitrogen and oxygen atoms in total. The highest BCUT2D eigenvalue weighted by Crippen LogP contribution is 2.29. The number of benzene rings is 1. The van der Waals surface area contributed by atoms with Gasteiger partial charge in [-0.2, -0.15) is 0 Å². The summed E-state index contributed by atoms with van der Waals surface area (Å²) in [6, 6.07) is 12.2. The third-order valence-electron chi connectivity index (χ3n) is 2.11. The lowest BCUT2D eigenvalue weighted by Gasteiger charge is -2.04. The summed E-state index contributed by atoms with van der Waals surface area (Å²) in [5.74, 6) is 5.50. The van der Waals surface area contributed by atoms with Crippen LogP contribution in [0, 0.1) is 10.1 Å². The molecule has 2 aromatic rings. The van der Waals surface area contributed by atoms with Gasteiger partial charge in [-0.3, -0.25) is 10.1 Å². The number of nitrogen functional groups attached to an aromatic ring is 1. The number of nitrogens with zero attached hydrogens (tertiary/aromatic N) is 2. The van der Waals surface area contributed by atoms with Crippen molar-refractivity contribution in [2.45, 2.75) is 9.92 Å². The van der Waals surface area contributed by atoms with Crippen LogP contribution in [0.1, 0.15) is 0 Å². The Morgan fingerprint density at radius 2 is 2.00 bits per heavy atom. The van der Waals surface area contributed by atoms with E-state index >= 15 is 0 Å². The number of anilines is 1. The first-order valence-corrected chi connectivity index (χ1v) is 5.86. The fraction of sp³-hybridized carbons (Fsp3) is 0. The monoisotopic (exact) mass is 262 g/mol. The van der Waals surface area contributed by atoms with Crippen molar-refractivity contribution in [3.05, 3.63) is 52.6 Å². The molecular formula is C11H10N4O2S. The summed E-state index contributed by atoms with van der Waals surface area (Å²) >= 11 is 1.34. The Hall–Kier alpha value is -2.12. The number of nitrogens with one attached hydrogen (secondary N) is 1. The van der Waals surface area contributed by atoms with Crippen LogP contribution < -0.4 is 11.3 Å². The molecule has 0 saturated heterocycles. The Kier molecular flexibility index (Phi) is 3.75. The van der Waals surface area contributed by atoms with Gasteiger partial charge in [0.25, 0.3) is 5.69 Å². The lowest BCUT2D eigenvalue weighted by atomic mass is 10.4. The van der Waals surface area contributed by atoms with E-state index in [2.05, 4.69) is 10.4 Å². The van der Waals surface area contributed by atoms with Crippen LogP contribution in [0.4, 0.5) is 11.5 Å². The highest BCUT2D eigenvalue weighted by molar-refractivity contribution is 7.99. The largest absolute Gasteiger partial charge is 0.308 e. The standard InChI is InChI=1S/C11H10N4O2S/c12-14-10-6-8(15(16)17)7-11(13-10)18-9-4-2-1-3-5-9/h1-7H,12H2,(H,13,14). The topological polar surface area (TPSA) is 94.1 Å². The number of pyridine rings is 1. The van der Waals surface area contributed by atoms with Gasteiger partial charge in [0.05, 0.1) is 11.0 Å². The van der Waals surface area contributed by atoms with E-state index in [4.69, 9.17) is 5.84 Å². The van der Waals surface area contributed by atoms with Crippen molar-refractivity contribution in [3.8, 4) is 0 Å². The second-order valence-corrected chi connectivity index (χ2v) is 4.46. The van der Waals surface area contributed by atoms with E-state index in [-0.39, 0.29) is 11.5 Å². The number of nitro groups is 1. The van der Waals surface area contributed by atoms with Gasteiger partial charge in [-0.1, -0.05) is 30.0 Å². The van der Waals surface area contributed by atoms with E-state index in [0.29, 0.717) is 5.03 Å². The van der Waals surface area contributed by atoms with Gasteiger partial charge < -0.3 is 5.43 Å². The van der Waals surface area contributed by atoms with Gasteiger partial charge in [0.15, 0.2) is 0 Å². The van der Waals surface area contributed by atoms with E-state index in [0.717, 1.165) is 4.90 Å². The normalized spacial score (nSPS) is 10.1. The number of aromatic nitrogens is 1. The fourth-order valence-electron chi connectivity index (χ4n) is 1.33. The van der Waals surface area contributed by atoms with Crippen molar-refractivity contribution in [2.75, 3.05) is 5.43 Å². The van der Waals surface area contributed by atoms with Crippen LogP contribution in [0.15, 0.2) is 52.4 Å². The van der Waals surface area contributed by atoms with E-state index in [1.807, 2.05) is 30.3 Å². The van der Waals surface area contributed by atoms with E-state index in [9.17, 15) is 10.1 Å². The summed E-state index contributed by atoms with van der Waals surface area (Å²) in [5, 5.41) is 11.3. The zero-order valence-corrected chi connectivity index (χ0v) is 10.1. The zero-order chi connectivity index (χ0) is 13.0. The molecule has 92 valence electrons. The molecule has 0 atom stereocenters. The van der Waals surface area contributed by atoms with Crippen molar-refractivity contribution < 1.29 is 4.92 Å². The molecule has 2 rings (SSSR count). The summed E-state index contributed by atoms with van der Waals surface area (Å²) in [7, 11) is 0. The zero-order valence-electron chi connectivity index (χ0n) is 9.24. The summed E-state index contributed by atoms with van der Waals surface area (Å²) < 4.78 is 0. The average molecular weight is 262 g/mol. The molecule has 0 amide bonds. The van der Waals surface area contributed by atoms with Crippen LogP contribution in [0.3, 0.4) is 0 Å². The Balaban J connectivity index is 2.32. The molecule has 1 aromatic heterocycles. The van der Waals surface area contributed by atoms with Gasteiger partial charge in [0.1, 0.15) is 10.8 Å². The van der Waals surface area contributed by atoms with Crippen molar-refractivity contribution in [3.63, 3.8) is 0 Å². The molecule has 7 heteroatoms. The molecule has 0 aliphatic carbocycles. The van der Waals surface area contributed by atoms with E-state index < -0.39 is 4.92 Å². The Morgan fingerprint density at radius 3 is 2.61 bits per heavy atom. The highest BCUT2D eigenvalue weighted by Gasteiger charge is 2.11. The highest BCUT2D eigenvalue weighted by atomic mass is 32.2. The predicted molar refractivity (Wildman–Crippen MR) is 69.3 cm³/mol. The Bertz CT molecular complexity index is 562. The van der Waals surface area contributed by atoms with Crippen LogP contribution in [-0.4, -0.2) is 9.91 Å². The van der Waals surface area contributed by atoms with Gasteiger partial charge >= 0.3 is 0 Å². The van der Waals surface area contributed by atoms with Gasteiger partial charge in [0, 0.05) is 11.0 Å². The van der Waals surface area contributed by atoms with Gasteiger partial charge in [-0.25, -0.2) is 10.8 Å². The second-order valence-electron chi connectivity index (χ2n) is 3.37. The quantitative estimate of drug-likeness (QED) is 0.499. The average Bonchev–Trinajstić information content (AvgIpc) is 2.39. The molecule has 0 fully saturated rings. The third kappa shape index (κ3) is 2.96. The Morgan fingerprint density at radius 1 is 1.28 bits per heavy atom. The molecule has 3 N–H and O–H groups in total. The van der Waals surface area contributed by atoms with E-state index in [1.54, 1.807) is 0 Å². The molecule has 0 spiro atoms. The summed E-state index contributed by atoms with van der Waals surface area (Å²) in [6.45, 7) is 0. The lowest BCUT2D eigenvalue weighted by Crippen LogP contribution is -2.09. The van der Waals surface area contributed by atoms with Gasteiger partial charge in [-0.15, -0.1) is 0 Å². The number of hydrogen-bond acceptors (Lipinski definition) is 6. The van der Waals surface area contributed by atoms with Crippen molar-refractivity contribution in [1.29, 1.82) is 0 Å². The minimum absolute atomic E-state index is 0.0450. The Labute approximate surface area is 107 Å². The molecule has 0 aliphatic heterocycles. The molecule has 0 radical (unpaired) electrons. The minimum Gasteiger partial charge on any atom is -0.308 e. The number of hydrazine groups is 1. The van der Waals surface area contributed by atoms with Gasteiger partial charge in [-0.05, 0) is 12.1 Å². The fourth-order valence-corrected chi connectivity index (χ4v) is 2.19. The summed E-state index contributed by atoms with van der Waals surface area (Å²) in [5.41, 5.74) is 2.27. The molecule has 0 aliphatic rings. The molecule has 1 aromatic carbocycles. The maximum absolute atomic E-state index is 10.8. The molecular weight excluding hydrogens is 252 g/mol. The summed E-state index contributed by atoms with van der Waals surface area (Å²) in [6.07, 6.45) is 0. The number of nitrogens with two attached hydrogens (primary N) is 1. The summed E-state index contributed by atoms with van der Waals surface area (Å²) in [4.78, 5) is 15.4. The maximum Gasteiger partial charge on any atom is 0.275 e. The first-order chi connectivity index (χ1) is 8.69. The van der Waals surface area contributed by atoms with Crippen molar-refractivity contribution in [1.82, 2.24) is 4.98 Å². The molecule has 0 bridgehead atoms. The smallest absolute Gasteiger partial charge is 0.275 e. The first kappa shape index (κ1) is 12.3.